The molecule has 0 bridgehead atoms. The van der Waals surface area contributed by atoms with Gasteiger partial charge in [-0.05, 0) is 36.4 Å². The Bertz CT molecular complexity index is 867. The number of halogens is 3. The topological polar surface area (TPSA) is 74.1 Å². The van der Waals surface area contributed by atoms with Crippen molar-refractivity contribution in [3.05, 3.63) is 54.6 Å². The molecule has 2 aromatic carbocycles. The molecule has 0 saturated carbocycles. The Kier molecular flexibility index (Phi) is 5.72. The van der Waals surface area contributed by atoms with Crippen LogP contribution in [0.1, 0.15) is 6.42 Å². The molecule has 6 nitrogen and oxygen atoms in total. The predicted octanol–water partition coefficient (Wildman–Crippen LogP) is 4.45. The highest BCUT2D eigenvalue weighted by molar-refractivity contribution is 5.97. The van der Waals surface area contributed by atoms with Crippen LogP contribution < -0.4 is 5.32 Å². The number of alkyl halides is 3. The van der Waals surface area contributed by atoms with Gasteiger partial charge in [0, 0.05) is 18.7 Å². The van der Waals surface area contributed by atoms with Crippen LogP contribution in [0.25, 0.3) is 0 Å². The van der Waals surface area contributed by atoms with Crippen LogP contribution in [0.2, 0.25) is 0 Å². The second-order valence-electron chi connectivity index (χ2n) is 6.36. The average molecular weight is 390 g/mol. The zero-order valence-electron chi connectivity index (χ0n) is 14.7. The van der Waals surface area contributed by atoms with Crippen molar-refractivity contribution in [2.45, 2.75) is 12.6 Å². The monoisotopic (exact) mass is 390 g/mol. The minimum atomic E-state index is -4.48. The van der Waals surface area contributed by atoms with Crippen molar-refractivity contribution in [1.82, 2.24) is 4.90 Å². The fourth-order valence-electron chi connectivity index (χ4n) is 2.78. The number of nitrogens with one attached hydrogen (secondary N) is 1. The van der Waals surface area contributed by atoms with Crippen LogP contribution >= 0.6 is 0 Å². The minimum absolute atomic E-state index is 0.231. The molecule has 1 aliphatic heterocycles. The first kappa shape index (κ1) is 19.5. The summed E-state index contributed by atoms with van der Waals surface area (Å²) in [5.41, 5.74) is 1.74. The maximum Gasteiger partial charge on any atom is 0.406 e. The van der Waals surface area contributed by atoms with Crippen LogP contribution in [-0.4, -0.2) is 36.0 Å². The molecule has 1 N–H and O–H groups in total. The van der Waals surface area contributed by atoms with Gasteiger partial charge >= 0.3 is 6.18 Å². The first-order valence-electron chi connectivity index (χ1n) is 8.52. The molecule has 146 valence electrons. The van der Waals surface area contributed by atoms with Gasteiger partial charge < -0.3 is 10.2 Å². The molecule has 0 radical (unpaired) electrons. The van der Waals surface area contributed by atoms with E-state index in [1.54, 1.807) is 24.3 Å². The van der Waals surface area contributed by atoms with E-state index >= 15 is 0 Å². The molecule has 0 spiro atoms. The van der Waals surface area contributed by atoms with Crippen LogP contribution in [0.5, 0.6) is 0 Å². The SMILES string of the molecule is O=C(Nc1ccc(N=Nc2ccccc2)cc1)C1CC(=O)N(CC(F)(F)F)C1. The third kappa shape index (κ3) is 5.38. The molecular weight excluding hydrogens is 373 g/mol. The van der Waals surface area contributed by atoms with Crippen LogP contribution in [0.3, 0.4) is 0 Å². The summed E-state index contributed by atoms with van der Waals surface area (Å²) in [6.45, 7) is -1.58. The number of nitrogens with zero attached hydrogens (tertiary/aromatic N) is 3. The number of rotatable bonds is 5. The molecule has 2 amide bonds. The van der Waals surface area contributed by atoms with Crippen molar-refractivity contribution < 1.29 is 22.8 Å². The molecule has 1 aliphatic rings. The molecule has 2 aromatic rings. The number of benzene rings is 2. The highest BCUT2D eigenvalue weighted by Crippen LogP contribution is 2.25. The van der Waals surface area contributed by atoms with E-state index in [-0.39, 0.29) is 13.0 Å². The highest BCUT2D eigenvalue weighted by Gasteiger charge is 2.40. The Morgan fingerprint density at radius 3 is 2.25 bits per heavy atom. The number of amides is 2. The van der Waals surface area contributed by atoms with E-state index in [9.17, 15) is 22.8 Å². The lowest BCUT2D eigenvalue weighted by Gasteiger charge is -2.18. The second kappa shape index (κ2) is 8.20. The van der Waals surface area contributed by atoms with Crippen molar-refractivity contribution in [1.29, 1.82) is 0 Å². The average Bonchev–Trinajstić information content (AvgIpc) is 3.01. The largest absolute Gasteiger partial charge is 0.406 e. The maximum atomic E-state index is 12.5. The molecule has 1 unspecified atom stereocenters. The van der Waals surface area contributed by atoms with E-state index in [4.69, 9.17) is 0 Å². The summed E-state index contributed by atoms with van der Waals surface area (Å²) in [4.78, 5) is 24.6. The molecule has 28 heavy (non-hydrogen) atoms. The Balaban J connectivity index is 1.56. The summed E-state index contributed by atoms with van der Waals surface area (Å²) in [6.07, 6.45) is -4.71. The lowest BCUT2D eigenvalue weighted by molar-refractivity contribution is -0.157. The van der Waals surface area contributed by atoms with E-state index in [0.29, 0.717) is 22.0 Å². The summed E-state index contributed by atoms with van der Waals surface area (Å²) in [5.74, 6) is -1.97. The number of anilines is 1. The van der Waals surface area contributed by atoms with Crippen molar-refractivity contribution in [3.8, 4) is 0 Å². The number of carbonyl (C=O) groups is 2. The van der Waals surface area contributed by atoms with Gasteiger partial charge in [0.15, 0.2) is 0 Å². The Hall–Kier alpha value is -3.23. The summed E-state index contributed by atoms with van der Waals surface area (Å²) in [7, 11) is 0. The van der Waals surface area contributed by atoms with Gasteiger partial charge in [0.25, 0.3) is 0 Å². The van der Waals surface area contributed by atoms with Crippen molar-refractivity contribution in [2.75, 3.05) is 18.4 Å². The number of likely N-dealkylation sites (tertiary alicyclic amines) is 1. The molecular formula is C19H17F3N4O2. The van der Waals surface area contributed by atoms with Gasteiger partial charge in [0.1, 0.15) is 6.54 Å². The van der Waals surface area contributed by atoms with Crippen molar-refractivity contribution >= 4 is 28.9 Å². The summed E-state index contributed by atoms with van der Waals surface area (Å²) in [6, 6.07) is 15.7. The van der Waals surface area contributed by atoms with E-state index in [1.807, 2.05) is 30.3 Å². The van der Waals surface area contributed by atoms with E-state index in [0.717, 1.165) is 0 Å². The van der Waals surface area contributed by atoms with E-state index in [1.165, 1.54) is 0 Å². The Morgan fingerprint density at radius 2 is 1.64 bits per heavy atom. The normalized spacial score (nSPS) is 17.3. The fraction of sp³-hybridized carbons (Fsp3) is 0.263. The van der Waals surface area contributed by atoms with Crippen LogP contribution in [0.4, 0.5) is 30.2 Å². The molecule has 0 aromatic heterocycles. The van der Waals surface area contributed by atoms with Gasteiger partial charge in [-0.25, -0.2) is 0 Å². The summed E-state index contributed by atoms with van der Waals surface area (Å²) >= 11 is 0. The smallest absolute Gasteiger partial charge is 0.333 e. The highest BCUT2D eigenvalue weighted by atomic mass is 19.4. The van der Waals surface area contributed by atoms with Gasteiger partial charge in [-0.1, -0.05) is 18.2 Å². The number of hydrogen-bond acceptors (Lipinski definition) is 4. The molecule has 9 heteroatoms. The first-order valence-corrected chi connectivity index (χ1v) is 8.52. The molecule has 1 atom stereocenters. The Morgan fingerprint density at radius 1 is 1.04 bits per heavy atom. The summed E-state index contributed by atoms with van der Waals surface area (Å²) in [5, 5.41) is 10.8. The van der Waals surface area contributed by atoms with E-state index in [2.05, 4.69) is 15.5 Å². The third-order valence-electron chi connectivity index (χ3n) is 4.13. The molecule has 1 saturated heterocycles. The zero-order valence-corrected chi connectivity index (χ0v) is 14.7. The van der Waals surface area contributed by atoms with Crippen molar-refractivity contribution in [2.24, 2.45) is 16.1 Å². The fourth-order valence-corrected chi connectivity index (χ4v) is 2.78. The quantitative estimate of drug-likeness (QED) is 0.766. The van der Waals surface area contributed by atoms with Gasteiger partial charge in [-0.2, -0.15) is 23.4 Å². The van der Waals surface area contributed by atoms with Gasteiger partial charge in [-0.3, -0.25) is 9.59 Å². The Labute approximate surface area is 159 Å². The zero-order chi connectivity index (χ0) is 20.1. The minimum Gasteiger partial charge on any atom is -0.333 e. The van der Waals surface area contributed by atoms with Gasteiger partial charge in [-0.15, -0.1) is 0 Å². The molecule has 1 heterocycles. The number of carbonyl (C=O) groups excluding carboxylic acids is 2. The van der Waals surface area contributed by atoms with Crippen molar-refractivity contribution in [3.63, 3.8) is 0 Å². The standard InChI is InChI=1S/C19H17F3N4O2/c20-19(21,22)12-26-11-13(10-17(26)27)18(28)23-14-6-8-16(9-7-14)25-24-15-4-2-1-3-5-15/h1-9,13H,10-12H2,(H,23,28). The lowest BCUT2D eigenvalue weighted by atomic mass is 10.1. The lowest BCUT2D eigenvalue weighted by Crippen LogP contribution is -2.36. The maximum absolute atomic E-state index is 12.5. The third-order valence-corrected chi connectivity index (χ3v) is 4.13. The van der Waals surface area contributed by atoms with Crippen LogP contribution in [0.15, 0.2) is 64.8 Å². The number of azo groups is 1. The first-order chi connectivity index (χ1) is 13.3. The van der Waals surface area contributed by atoms with E-state index < -0.39 is 30.5 Å². The predicted molar refractivity (Wildman–Crippen MR) is 96.4 cm³/mol. The molecule has 3 rings (SSSR count). The van der Waals surface area contributed by atoms with Crippen LogP contribution in [-0.2, 0) is 9.59 Å². The summed E-state index contributed by atoms with van der Waals surface area (Å²) < 4.78 is 37.4. The van der Waals surface area contributed by atoms with Gasteiger partial charge in [0.2, 0.25) is 11.8 Å². The van der Waals surface area contributed by atoms with Crippen LogP contribution in [0, 0.1) is 5.92 Å². The van der Waals surface area contributed by atoms with Gasteiger partial charge in [0.05, 0.1) is 17.3 Å². The second-order valence-corrected chi connectivity index (χ2v) is 6.36. The number of hydrogen-bond donors (Lipinski definition) is 1. The molecule has 0 aliphatic carbocycles. The molecule has 1 fully saturated rings.